The molecular weight excluding hydrogens is 232 g/mol. The molecule has 7 heteroatoms. The molecule has 0 saturated carbocycles. The Balaban J connectivity index is 2.46. The van der Waals surface area contributed by atoms with Gasteiger partial charge in [-0.2, -0.15) is 0 Å². The van der Waals surface area contributed by atoms with Gasteiger partial charge in [-0.15, -0.1) is 0 Å². The van der Waals surface area contributed by atoms with E-state index >= 15 is 0 Å². The van der Waals surface area contributed by atoms with E-state index in [0.29, 0.717) is 10.4 Å². The molecule has 1 heterocycles. The van der Waals surface area contributed by atoms with E-state index < -0.39 is 4.92 Å². The van der Waals surface area contributed by atoms with Gasteiger partial charge in [0.1, 0.15) is 0 Å². The van der Waals surface area contributed by atoms with Crippen molar-refractivity contribution in [3.63, 3.8) is 0 Å². The summed E-state index contributed by atoms with van der Waals surface area (Å²) in [5.41, 5.74) is 0.526. The highest BCUT2D eigenvalue weighted by Crippen LogP contribution is 2.30. The summed E-state index contributed by atoms with van der Waals surface area (Å²) in [5, 5.41) is 19.8. The van der Waals surface area contributed by atoms with Crippen molar-refractivity contribution in [1.82, 2.24) is 4.98 Å². The van der Waals surface area contributed by atoms with Crippen LogP contribution >= 0.6 is 11.3 Å². The zero-order valence-electron chi connectivity index (χ0n) is 7.84. The number of hydrogen-bond donors (Lipinski definition) is 2. The number of nitrogens with one attached hydrogen (secondary N) is 1. The Bertz CT molecular complexity index is 584. The zero-order valence-corrected chi connectivity index (χ0v) is 8.65. The molecule has 2 aromatic rings. The number of non-ortho nitro benzene ring substituents is 1. The van der Waals surface area contributed by atoms with E-state index in [4.69, 9.17) is 0 Å². The molecule has 0 amide bonds. The lowest BCUT2D eigenvalue weighted by Crippen LogP contribution is -1.89. The predicted molar refractivity (Wildman–Crippen MR) is 58.7 cm³/mol. The van der Waals surface area contributed by atoms with Crippen molar-refractivity contribution in [2.45, 2.75) is 0 Å². The van der Waals surface area contributed by atoms with Gasteiger partial charge in [-0.25, -0.2) is 0 Å². The Hall–Kier alpha value is -2.15. The van der Waals surface area contributed by atoms with Gasteiger partial charge in [-0.1, -0.05) is 11.3 Å². The molecule has 0 aliphatic heterocycles. The molecule has 82 valence electrons. The first-order valence-electron chi connectivity index (χ1n) is 4.25. The average molecular weight is 238 g/mol. The SMILES string of the molecule is O=c1[nH]c(O)c(-c2ccc([N+](=O)[O-])cc2)s1. The normalized spacial score (nSPS) is 10.2. The highest BCUT2D eigenvalue weighted by atomic mass is 32.1. The number of hydrogen-bond acceptors (Lipinski definition) is 5. The van der Waals surface area contributed by atoms with Crippen molar-refractivity contribution in [2.24, 2.45) is 0 Å². The fraction of sp³-hybridized carbons (Fsp3) is 0. The fourth-order valence-electron chi connectivity index (χ4n) is 1.25. The Labute approximate surface area is 93.0 Å². The number of nitro benzene ring substituents is 1. The molecule has 0 aliphatic rings. The standard InChI is InChI=1S/C9H6N2O4S/c12-8-7(16-9(13)10-8)5-1-3-6(4-2-5)11(14)15/h1-4,12H,(H,10,13). The van der Waals surface area contributed by atoms with Gasteiger partial charge in [-0.3, -0.25) is 19.9 Å². The van der Waals surface area contributed by atoms with Crippen LogP contribution in [0.15, 0.2) is 29.1 Å². The van der Waals surface area contributed by atoms with Gasteiger partial charge >= 0.3 is 4.87 Å². The number of H-pyrrole nitrogens is 1. The molecule has 0 aliphatic carbocycles. The van der Waals surface area contributed by atoms with Gasteiger partial charge in [0.15, 0.2) is 0 Å². The molecule has 6 nitrogen and oxygen atoms in total. The van der Waals surface area contributed by atoms with E-state index in [2.05, 4.69) is 4.98 Å². The highest BCUT2D eigenvalue weighted by molar-refractivity contribution is 7.13. The van der Waals surface area contributed by atoms with Crippen LogP contribution in [0.1, 0.15) is 0 Å². The van der Waals surface area contributed by atoms with E-state index in [1.807, 2.05) is 0 Å². The molecule has 2 rings (SSSR count). The molecular formula is C9H6N2O4S. The topological polar surface area (TPSA) is 96.2 Å². The third kappa shape index (κ3) is 1.80. The molecule has 1 aromatic carbocycles. The van der Waals surface area contributed by atoms with Crippen molar-refractivity contribution < 1.29 is 10.0 Å². The lowest BCUT2D eigenvalue weighted by atomic mass is 10.2. The average Bonchev–Trinajstić information content (AvgIpc) is 2.58. The van der Waals surface area contributed by atoms with Crippen molar-refractivity contribution in [2.75, 3.05) is 0 Å². The quantitative estimate of drug-likeness (QED) is 0.614. The van der Waals surface area contributed by atoms with Gasteiger partial charge in [-0.05, 0) is 17.7 Å². The Morgan fingerprint density at radius 3 is 2.38 bits per heavy atom. The summed E-state index contributed by atoms with van der Waals surface area (Å²) >= 11 is 0.851. The number of benzene rings is 1. The molecule has 0 unspecified atom stereocenters. The van der Waals surface area contributed by atoms with Crippen molar-refractivity contribution in [1.29, 1.82) is 0 Å². The van der Waals surface area contributed by atoms with Crippen LogP contribution in [-0.2, 0) is 0 Å². The minimum atomic E-state index is -0.511. The van der Waals surface area contributed by atoms with Crippen LogP contribution in [0.5, 0.6) is 5.88 Å². The zero-order chi connectivity index (χ0) is 11.7. The van der Waals surface area contributed by atoms with Crippen LogP contribution in [0, 0.1) is 10.1 Å². The molecule has 0 spiro atoms. The number of nitrogens with zero attached hydrogens (tertiary/aromatic N) is 1. The fourth-order valence-corrected chi connectivity index (χ4v) is 1.98. The summed E-state index contributed by atoms with van der Waals surface area (Å²) < 4.78 is 0. The number of aromatic nitrogens is 1. The third-order valence-corrected chi connectivity index (χ3v) is 2.89. The van der Waals surface area contributed by atoms with Crippen LogP contribution in [0.25, 0.3) is 10.4 Å². The van der Waals surface area contributed by atoms with Crippen molar-refractivity contribution in [3.05, 3.63) is 44.0 Å². The molecule has 0 atom stereocenters. The number of aromatic hydroxyl groups is 1. The molecule has 0 fully saturated rings. The third-order valence-electron chi connectivity index (χ3n) is 1.97. The van der Waals surface area contributed by atoms with Crippen LogP contribution in [0.2, 0.25) is 0 Å². The van der Waals surface area contributed by atoms with E-state index in [1.165, 1.54) is 24.3 Å². The summed E-state index contributed by atoms with van der Waals surface area (Å²) in [4.78, 5) is 23.1. The summed E-state index contributed by atoms with van der Waals surface area (Å²) in [6, 6.07) is 5.60. The van der Waals surface area contributed by atoms with Crippen molar-refractivity contribution >= 4 is 17.0 Å². The summed E-state index contributed by atoms with van der Waals surface area (Å²) in [5.74, 6) is -0.219. The van der Waals surface area contributed by atoms with Gasteiger partial charge in [0, 0.05) is 12.1 Å². The first-order chi connectivity index (χ1) is 7.58. The largest absolute Gasteiger partial charge is 0.493 e. The number of rotatable bonds is 2. The van der Waals surface area contributed by atoms with Crippen LogP contribution < -0.4 is 4.87 Å². The summed E-state index contributed by atoms with van der Waals surface area (Å²) in [7, 11) is 0. The second-order valence-corrected chi connectivity index (χ2v) is 3.98. The molecule has 2 N–H and O–H groups in total. The van der Waals surface area contributed by atoms with Crippen LogP contribution in [0.3, 0.4) is 0 Å². The molecule has 1 aromatic heterocycles. The minimum Gasteiger partial charge on any atom is -0.493 e. The van der Waals surface area contributed by atoms with Crippen LogP contribution in [-0.4, -0.2) is 15.0 Å². The Morgan fingerprint density at radius 1 is 1.31 bits per heavy atom. The number of aromatic amines is 1. The molecule has 0 radical (unpaired) electrons. The lowest BCUT2D eigenvalue weighted by Gasteiger charge is -1.97. The molecule has 0 bridgehead atoms. The van der Waals surface area contributed by atoms with E-state index in [9.17, 15) is 20.0 Å². The van der Waals surface area contributed by atoms with Gasteiger partial charge in [0.05, 0.1) is 9.80 Å². The number of nitro groups is 1. The van der Waals surface area contributed by atoms with Gasteiger partial charge in [0.25, 0.3) is 5.69 Å². The lowest BCUT2D eigenvalue weighted by molar-refractivity contribution is -0.384. The molecule has 0 saturated heterocycles. The van der Waals surface area contributed by atoms with Crippen LogP contribution in [0.4, 0.5) is 5.69 Å². The smallest absolute Gasteiger partial charge is 0.307 e. The monoisotopic (exact) mass is 238 g/mol. The Kier molecular flexibility index (Phi) is 2.45. The maximum Gasteiger partial charge on any atom is 0.307 e. The highest BCUT2D eigenvalue weighted by Gasteiger charge is 2.11. The van der Waals surface area contributed by atoms with E-state index in [-0.39, 0.29) is 16.4 Å². The summed E-state index contributed by atoms with van der Waals surface area (Å²) in [6.07, 6.45) is 0. The number of thiazole rings is 1. The summed E-state index contributed by atoms with van der Waals surface area (Å²) in [6.45, 7) is 0. The van der Waals surface area contributed by atoms with Gasteiger partial charge in [0.2, 0.25) is 5.88 Å². The van der Waals surface area contributed by atoms with Crippen molar-refractivity contribution in [3.8, 4) is 16.3 Å². The minimum absolute atomic E-state index is 0.0360. The van der Waals surface area contributed by atoms with E-state index in [1.54, 1.807) is 0 Å². The Morgan fingerprint density at radius 2 is 1.94 bits per heavy atom. The second kappa shape index (κ2) is 3.78. The first-order valence-corrected chi connectivity index (χ1v) is 5.06. The molecule has 16 heavy (non-hydrogen) atoms. The van der Waals surface area contributed by atoms with E-state index in [0.717, 1.165) is 11.3 Å². The first kappa shape index (κ1) is 10.4. The van der Waals surface area contributed by atoms with Gasteiger partial charge < -0.3 is 5.11 Å². The second-order valence-electron chi connectivity index (χ2n) is 3.00. The maximum atomic E-state index is 11.0. The predicted octanol–water partition coefficient (Wildman–Crippen LogP) is 1.72. The maximum absolute atomic E-state index is 11.0.